The van der Waals surface area contributed by atoms with E-state index >= 15 is 0 Å². The predicted octanol–water partition coefficient (Wildman–Crippen LogP) is -1.92. The second-order valence-corrected chi connectivity index (χ2v) is 8.46. The maximum Gasteiger partial charge on any atom is 0.326 e. The van der Waals surface area contributed by atoms with Crippen LogP contribution in [-0.2, 0) is 30.4 Å². The number of carboxylic acids is 2. The van der Waals surface area contributed by atoms with E-state index in [1.165, 1.54) is 12.5 Å². The van der Waals surface area contributed by atoms with Crippen molar-refractivity contribution in [3.63, 3.8) is 0 Å². The SMILES string of the molecule is CC(C)C(NC(=O)C(CC(=O)O)NC(=O)C(N)CCCCN)C(=O)NC(Cc1cnc[nH]1)C(=O)O. The number of nitrogens with two attached hydrogens (primary N) is 2. The molecular weight excluding hydrogens is 462 g/mol. The highest BCUT2D eigenvalue weighted by molar-refractivity contribution is 5.95. The van der Waals surface area contributed by atoms with Crippen LogP contribution in [0.15, 0.2) is 12.5 Å². The van der Waals surface area contributed by atoms with E-state index in [1.807, 2.05) is 0 Å². The van der Waals surface area contributed by atoms with Crippen LogP contribution in [0.1, 0.15) is 45.2 Å². The number of nitrogens with zero attached hydrogens (tertiary/aromatic N) is 1. The first-order valence-electron chi connectivity index (χ1n) is 11.2. The fourth-order valence-electron chi connectivity index (χ4n) is 3.17. The van der Waals surface area contributed by atoms with Crippen LogP contribution in [0.5, 0.6) is 0 Å². The molecule has 0 saturated heterocycles. The smallest absolute Gasteiger partial charge is 0.326 e. The summed E-state index contributed by atoms with van der Waals surface area (Å²) in [6.07, 6.45) is 3.52. The van der Waals surface area contributed by atoms with Gasteiger partial charge in [-0.05, 0) is 25.3 Å². The van der Waals surface area contributed by atoms with E-state index in [0.717, 1.165) is 0 Å². The molecule has 0 spiro atoms. The Hall–Kier alpha value is -3.52. The molecule has 0 aliphatic rings. The standard InChI is InChI=1S/C21H35N7O7/c1-11(2)17(20(33)27-15(21(34)35)7-12-9-24-10-25-12)28-19(32)14(8-16(29)30)26-18(31)13(23)5-3-4-6-22/h9-11,13-15,17H,3-8,22-23H2,1-2H3,(H,24,25)(H,26,31)(H,27,33)(H,28,32)(H,29,30)(H,34,35). The number of carboxylic acid groups (broad SMARTS) is 2. The number of hydrogen-bond donors (Lipinski definition) is 8. The molecule has 1 heterocycles. The third-order valence-electron chi connectivity index (χ3n) is 5.16. The molecule has 0 saturated carbocycles. The van der Waals surface area contributed by atoms with Crippen molar-refractivity contribution < 1.29 is 34.2 Å². The molecule has 35 heavy (non-hydrogen) atoms. The maximum absolute atomic E-state index is 12.8. The lowest BCUT2D eigenvalue weighted by atomic mass is 10.0. The molecule has 3 amide bonds. The molecule has 0 aliphatic heterocycles. The summed E-state index contributed by atoms with van der Waals surface area (Å²) in [4.78, 5) is 67.5. The van der Waals surface area contributed by atoms with Crippen LogP contribution in [-0.4, -0.2) is 80.6 Å². The van der Waals surface area contributed by atoms with Crippen molar-refractivity contribution in [2.45, 2.75) is 70.1 Å². The van der Waals surface area contributed by atoms with Gasteiger partial charge in [0.2, 0.25) is 17.7 Å². The van der Waals surface area contributed by atoms with Gasteiger partial charge in [-0.25, -0.2) is 9.78 Å². The lowest BCUT2D eigenvalue weighted by Gasteiger charge is -2.26. The number of carbonyl (C=O) groups is 5. The number of unbranched alkanes of at least 4 members (excludes halogenated alkanes) is 1. The van der Waals surface area contributed by atoms with Crippen LogP contribution in [0.3, 0.4) is 0 Å². The van der Waals surface area contributed by atoms with E-state index in [4.69, 9.17) is 11.5 Å². The Bertz CT molecular complexity index is 860. The fraction of sp³-hybridized carbons (Fsp3) is 0.619. The lowest BCUT2D eigenvalue weighted by Crippen LogP contribution is -2.59. The number of nitrogens with one attached hydrogen (secondary N) is 4. The molecule has 4 unspecified atom stereocenters. The quantitative estimate of drug-likeness (QED) is 0.118. The molecular formula is C21H35N7O7. The van der Waals surface area contributed by atoms with Gasteiger partial charge in [-0.1, -0.05) is 20.3 Å². The van der Waals surface area contributed by atoms with Gasteiger partial charge in [0.1, 0.15) is 18.1 Å². The second-order valence-electron chi connectivity index (χ2n) is 8.46. The van der Waals surface area contributed by atoms with Crippen LogP contribution < -0.4 is 27.4 Å². The molecule has 196 valence electrons. The molecule has 1 aromatic heterocycles. The first-order chi connectivity index (χ1) is 16.5. The highest BCUT2D eigenvalue weighted by Crippen LogP contribution is 2.07. The zero-order valence-corrected chi connectivity index (χ0v) is 19.8. The monoisotopic (exact) mass is 497 g/mol. The minimum atomic E-state index is -1.49. The summed E-state index contributed by atoms with van der Waals surface area (Å²) in [7, 11) is 0. The number of rotatable bonds is 16. The summed E-state index contributed by atoms with van der Waals surface area (Å²) in [6, 6.07) is -4.96. The van der Waals surface area contributed by atoms with E-state index < -0.39 is 66.2 Å². The molecule has 0 aromatic carbocycles. The first-order valence-corrected chi connectivity index (χ1v) is 11.2. The average Bonchev–Trinajstić information content (AvgIpc) is 3.28. The summed E-state index contributed by atoms with van der Waals surface area (Å²) < 4.78 is 0. The second kappa shape index (κ2) is 14.7. The predicted molar refractivity (Wildman–Crippen MR) is 124 cm³/mol. The molecule has 1 rings (SSSR count). The van der Waals surface area contributed by atoms with Gasteiger partial charge in [0.15, 0.2) is 0 Å². The van der Waals surface area contributed by atoms with Crippen molar-refractivity contribution in [3.05, 3.63) is 18.2 Å². The third kappa shape index (κ3) is 10.5. The topological polar surface area (TPSA) is 243 Å². The summed E-state index contributed by atoms with van der Waals surface area (Å²) in [5, 5.41) is 25.8. The number of carbonyl (C=O) groups excluding carboxylic acids is 3. The third-order valence-corrected chi connectivity index (χ3v) is 5.16. The van der Waals surface area contributed by atoms with E-state index in [1.54, 1.807) is 13.8 Å². The van der Waals surface area contributed by atoms with E-state index in [-0.39, 0.29) is 6.42 Å². The molecule has 0 radical (unpaired) electrons. The Labute approximate surface area is 202 Å². The van der Waals surface area contributed by atoms with E-state index in [2.05, 4.69) is 25.9 Å². The van der Waals surface area contributed by atoms with Crippen molar-refractivity contribution >= 4 is 29.7 Å². The Kier molecular flexibility index (Phi) is 12.4. The van der Waals surface area contributed by atoms with Crippen LogP contribution in [0.25, 0.3) is 0 Å². The minimum Gasteiger partial charge on any atom is -0.481 e. The molecule has 0 aliphatic carbocycles. The zero-order valence-electron chi connectivity index (χ0n) is 19.8. The molecule has 1 aromatic rings. The van der Waals surface area contributed by atoms with Crippen LogP contribution in [0.2, 0.25) is 0 Å². The number of aromatic amines is 1. The minimum absolute atomic E-state index is 0.0699. The molecule has 14 nitrogen and oxygen atoms in total. The lowest BCUT2D eigenvalue weighted by molar-refractivity contribution is -0.143. The number of imidazole rings is 1. The van der Waals surface area contributed by atoms with Gasteiger partial charge < -0.3 is 42.6 Å². The number of aromatic nitrogens is 2. The summed E-state index contributed by atoms with van der Waals surface area (Å²) in [5.74, 6) is -5.53. The van der Waals surface area contributed by atoms with Crippen LogP contribution in [0, 0.1) is 5.92 Å². The highest BCUT2D eigenvalue weighted by Gasteiger charge is 2.33. The number of amides is 3. The Balaban J connectivity index is 2.89. The molecule has 14 heteroatoms. The van der Waals surface area contributed by atoms with Gasteiger partial charge >= 0.3 is 11.9 Å². The van der Waals surface area contributed by atoms with Crippen molar-refractivity contribution in [2.24, 2.45) is 17.4 Å². The summed E-state index contributed by atoms with van der Waals surface area (Å²) in [6.45, 7) is 3.67. The van der Waals surface area contributed by atoms with Crippen molar-refractivity contribution in [1.82, 2.24) is 25.9 Å². The highest BCUT2D eigenvalue weighted by atomic mass is 16.4. The van der Waals surface area contributed by atoms with Gasteiger partial charge in [-0.2, -0.15) is 0 Å². The van der Waals surface area contributed by atoms with Crippen molar-refractivity contribution in [3.8, 4) is 0 Å². The fourth-order valence-corrected chi connectivity index (χ4v) is 3.17. The van der Waals surface area contributed by atoms with Gasteiger partial charge in [0.25, 0.3) is 0 Å². The van der Waals surface area contributed by atoms with E-state index in [9.17, 15) is 34.2 Å². The Morgan fingerprint density at radius 2 is 1.66 bits per heavy atom. The number of hydrogen-bond acceptors (Lipinski definition) is 8. The van der Waals surface area contributed by atoms with Crippen molar-refractivity contribution in [1.29, 1.82) is 0 Å². The first kappa shape index (κ1) is 29.5. The Morgan fingerprint density at radius 1 is 1.00 bits per heavy atom. The van der Waals surface area contributed by atoms with Gasteiger partial charge in [0, 0.05) is 18.3 Å². The van der Waals surface area contributed by atoms with Crippen molar-refractivity contribution in [2.75, 3.05) is 6.54 Å². The zero-order chi connectivity index (χ0) is 26.5. The normalized spacial score (nSPS) is 14.4. The van der Waals surface area contributed by atoms with Crippen LogP contribution in [0.4, 0.5) is 0 Å². The largest absolute Gasteiger partial charge is 0.481 e. The molecule has 0 bridgehead atoms. The number of H-pyrrole nitrogens is 1. The van der Waals surface area contributed by atoms with Crippen LogP contribution >= 0.6 is 0 Å². The average molecular weight is 498 g/mol. The van der Waals surface area contributed by atoms with Gasteiger partial charge in [0.05, 0.1) is 18.8 Å². The Morgan fingerprint density at radius 3 is 2.17 bits per heavy atom. The van der Waals surface area contributed by atoms with E-state index in [0.29, 0.717) is 31.5 Å². The molecule has 10 N–H and O–H groups in total. The van der Waals surface area contributed by atoms with Gasteiger partial charge in [-0.3, -0.25) is 19.2 Å². The maximum atomic E-state index is 12.8. The summed E-state index contributed by atoms with van der Waals surface area (Å²) in [5.41, 5.74) is 11.7. The molecule has 0 fully saturated rings. The number of aliphatic carboxylic acids is 2. The summed E-state index contributed by atoms with van der Waals surface area (Å²) >= 11 is 0. The molecule has 4 atom stereocenters. The van der Waals surface area contributed by atoms with Gasteiger partial charge in [-0.15, -0.1) is 0 Å².